The van der Waals surface area contributed by atoms with Gasteiger partial charge in [0.15, 0.2) is 0 Å². The van der Waals surface area contributed by atoms with Gasteiger partial charge in [-0.05, 0) is 31.5 Å². The lowest BCUT2D eigenvalue weighted by Gasteiger charge is -2.37. The van der Waals surface area contributed by atoms with Crippen LogP contribution >= 0.6 is 0 Å². The minimum Gasteiger partial charge on any atom is -0.478 e. The van der Waals surface area contributed by atoms with Crippen LogP contribution in [0.1, 0.15) is 30.9 Å². The molecule has 1 heterocycles. The molecular formula is C19H20N2O5. The largest absolute Gasteiger partial charge is 0.478 e. The third-order valence-corrected chi connectivity index (χ3v) is 4.50. The van der Waals surface area contributed by atoms with Crippen molar-refractivity contribution in [2.45, 2.75) is 19.8 Å². The van der Waals surface area contributed by atoms with Gasteiger partial charge in [-0.15, -0.1) is 0 Å². The molecule has 0 unspecified atom stereocenters. The maximum Gasteiger partial charge on any atom is 0.334 e. The van der Waals surface area contributed by atoms with Crippen LogP contribution in [0.2, 0.25) is 0 Å². The maximum absolute atomic E-state index is 12.0. The van der Waals surface area contributed by atoms with Crippen LogP contribution in [0, 0.1) is 11.3 Å². The normalized spacial score (nSPS) is 15.2. The van der Waals surface area contributed by atoms with Crippen LogP contribution in [0.3, 0.4) is 0 Å². The molecular weight excluding hydrogens is 336 g/mol. The zero-order chi connectivity index (χ0) is 19.4. The molecule has 2 rings (SSSR count). The third-order valence-electron chi connectivity index (χ3n) is 4.50. The molecule has 0 bridgehead atoms. The van der Waals surface area contributed by atoms with E-state index in [1.165, 1.54) is 13.2 Å². The van der Waals surface area contributed by atoms with Gasteiger partial charge < -0.3 is 19.8 Å². The molecule has 0 spiro atoms. The minimum atomic E-state index is -1.19. The molecule has 0 atom stereocenters. The number of aliphatic carboxylic acids is 2. The van der Waals surface area contributed by atoms with Crippen LogP contribution in [-0.4, -0.2) is 47.3 Å². The average molecular weight is 356 g/mol. The highest BCUT2D eigenvalue weighted by Gasteiger charge is 2.39. The van der Waals surface area contributed by atoms with Crippen molar-refractivity contribution in [2.75, 3.05) is 20.3 Å². The Balaban J connectivity index is 2.73. The van der Waals surface area contributed by atoms with Crippen molar-refractivity contribution in [3.8, 4) is 6.07 Å². The molecule has 0 saturated carbocycles. The Morgan fingerprint density at radius 3 is 2.23 bits per heavy atom. The fourth-order valence-corrected chi connectivity index (χ4v) is 3.30. The number of nitriles is 1. The highest BCUT2D eigenvalue weighted by Crippen LogP contribution is 2.42. The van der Waals surface area contributed by atoms with E-state index in [2.05, 4.69) is 0 Å². The summed E-state index contributed by atoms with van der Waals surface area (Å²) in [4.78, 5) is 25.7. The Morgan fingerprint density at radius 2 is 1.77 bits per heavy atom. The molecule has 0 radical (unpaired) electrons. The quantitative estimate of drug-likeness (QED) is 0.804. The van der Waals surface area contributed by atoms with Gasteiger partial charge in [0.25, 0.3) is 0 Å². The third kappa shape index (κ3) is 3.46. The molecule has 7 heteroatoms. The number of carboxylic acids is 2. The van der Waals surface area contributed by atoms with E-state index < -0.39 is 17.9 Å². The van der Waals surface area contributed by atoms with Crippen molar-refractivity contribution >= 4 is 11.9 Å². The van der Waals surface area contributed by atoms with E-state index in [-0.39, 0.29) is 11.1 Å². The summed E-state index contributed by atoms with van der Waals surface area (Å²) in [5.74, 6) is -3.34. The second kappa shape index (κ2) is 7.85. The minimum absolute atomic E-state index is 0.0146. The number of methoxy groups -OCH3 is 1. The SMILES string of the molecule is COCCN1C(C)=C(C(=O)O)C(c2cccc(C#N)c2)C(C(=O)O)=C1C. The lowest BCUT2D eigenvalue weighted by Crippen LogP contribution is -2.36. The molecule has 1 aliphatic heterocycles. The van der Waals surface area contributed by atoms with Gasteiger partial charge in [-0.2, -0.15) is 5.26 Å². The summed E-state index contributed by atoms with van der Waals surface area (Å²) < 4.78 is 5.06. The van der Waals surface area contributed by atoms with Crippen LogP contribution in [0.4, 0.5) is 0 Å². The Bertz CT molecular complexity index is 810. The number of nitrogens with zero attached hydrogens (tertiary/aromatic N) is 2. The fourth-order valence-electron chi connectivity index (χ4n) is 3.30. The van der Waals surface area contributed by atoms with Crippen LogP contribution in [-0.2, 0) is 14.3 Å². The molecule has 0 fully saturated rings. The first kappa shape index (κ1) is 19.2. The molecule has 0 saturated heterocycles. The van der Waals surface area contributed by atoms with Crippen LogP contribution in [0.15, 0.2) is 46.8 Å². The van der Waals surface area contributed by atoms with Crippen molar-refractivity contribution in [3.05, 3.63) is 57.9 Å². The van der Waals surface area contributed by atoms with Crippen LogP contribution < -0.4 is 0 Å². The second-order valence-corrected chi connectivity index (χ2v) is 5.92. The lowest BCUT2D eigenvalue weighted by atomic mass is 9.79. The Morgan fingerprint density at radius 1 is 1.19 bits per heavy atom. The van der Waals surface area contributed by atoms with E-state index in [0.717, 1.165) is 0 Å². The summed E-state index contributed by atoms with van der Waals surface area (Å²) in [5, 5.41) is 28.7. The molecule has 1 aromatic rings. The van der Waals surface area contributed by atoms with E-state index in [1.54, 1.807) is 36.9 Å². The number of carbonyl (C=O) groups is 2. The van der Waals surface area contributed by atoms with Crippen molar-refractivity contribution in [3.63, 3.8) is 0 Å². The second-order valence-electron chi connectivity index (χ2n) is 5.92. The molecule has 0 amide bonds. The molecule has 136 valence electrons. The predicted molar refractivity (Wildman–Crippen MR) is 93.2 cm³/mol. The number of benzene rings is 1. The highest BCUT2D eigenvalue weighted by molar-refractivity contribution is 5.98. The van der Waals surface area contributed by atoms with Crippen LogP contribution in [0.5, 0.6) is 0 Å². The Hall–Kier alpha value is -3.11. The van der Waals surface area contributed by atoms with E-state index in [1.807, 2.05) is 6.07 Å². The van der Waals surface area contributed by atoms with Crippen molar-refractivity contribution in [2.24, 2.45) is 0 Å². The number of allylic oxidation sites excluding steroid dienone is 2. The van der Waals surface area contributed by atoms with E-state index in [4.69, 9.17) is 10.00 Å². The summed E-state index contributed by atoms with van der Waals surface area (Å²) in [6, 6.07) is 8.38. The first-order valence-corrected chi connectivity index (χ1v) is 7.98. The van der Waals surface area contributed by atoms with E-state index >= 15 is 0 Å². The topological polar surface area (TPSA) is 111 Å². The van der Waals surface area contributed by atoms with Gasteiger partial charge in [0, 0.05) is 25.0 Å². The monoisotopic (exact) mass is 356 g/mol. The van der Waals surface area contributed by atoms with E-state index in [9.17, 15) is 19.8 Å². The molecule has 1 aromatic carbocycles. The van der Waals surface area contributed by atoms with Gasteiger partial charge in [-0.25, -0.2) is 9.59 Å². The van der Waals surface area contributed by atoms with Gasteiger partial charge in [0.2, 0.25) is 0 Å². The van der Waals surface area contributed by atoms with Gasteiger partial charge in [0.1, 0.15) is 0 Å². The van der Waals surface area contributed by atoms with Crippen molar-refractivity contribution in [1.82, 2.24) is 4.90 Å². The number of hydrogen-bond acceptors (Lipinski definition) is 5. The summed E-state index contributed by atoms with van der Waals surface area (Å²) in [6.07, 6.45) is 0. The zero-order valence-corrected chi connectivity index (χ0v) is 14.8. The number of rotatable bonds is 6. The number of carboxylic acid groups (broad SMARTS) is 2. The first-order chi connectivity index (χ1) is 12.3. The smallest absolute Gasteiger partial charge is 0.334 e. The fraction of sp³-hybridized carbons (Fsp3) is 0.316. The average Bonchev–Trinajstić information content (AvgIpc) is 2.60. The standard InChI is InChI=1S/C19H20N2O5/c1-11-15(18(22)23)17(14-6-4-5-13(9-14)10-20)16(19(24)25)12(2)21(11)7-8-26-3/h4-6,9,17H,7-8H2,1-3H3,(H,22,23)(H,24,25). The van der Waals surface area contributed by atoms with Crippen molar-refractivity contribution < 1.29 is 24.5 Å². The summed E-state index contributed by atoms with van der Waals surface area (Å²) in [5.41, 5.74) is 1.70. The molecule has 7 nitrogen and oxygen atoms in total. The Labute approximate surface area is 151 Å². The molecule has 26 heavy (non-hydrogen) atoms. The summed E-state index contributed by atoms with van der Waals surface area (Å²) in [6.45, 7) is 3.97. The molecule has 0 aliphatic carbocycles. The first-order valence-electron chi connectivity index (χ1n) is 7.98. The lowest BCUT2D eigenvalue weighted by molar-refractivity contribution is -0.133. The van der Waals surface area contributed by atoms with Gasteiger partial charge >= 0.3 is 11.9 Å². The molecule has 1 aliphatic rings. The number of hydrogen-bond donors (Lipinski definition) is 2. The molecule has 0 aromatic heterocycles. The maximum atomic E-state index is 12.0. The zero-order valence-electron chi connectivity index (χ0n) is 14.8. The Kier molecular flexibility index (Phi) is 5.80. The number of ether oxygens (including phenoxy) is 1. The highest BCUT2D eigenvalue weighted by atomic mass is 16.5. The van der Waals surface area contributed by atoms with Crippen LogP contribution in [0.25, 0.3) is 0 Å². The predicted octanol–water partition coefficient (Wildman–Crippen LogP) is 2.32. The van der Waals surface area contributed by atoms with Gasteiger partial charge in [-0.1, -0.05) is 12.1 Å². The van der Waals surface area contributed by atoms with Crippen molar-refractivity contribution in [1.29, 1.82) is 5.26 Å². The summed E-state index contributed by atoms with van der Waals surface area (Å²) in [7, 11) is 1.52. The molecule has 2 N–H and O–H groups in total. The summed E-state index contributed by atoms with van der Waals surface area (Å²) >= 11 is 0. The van der Waals surface area contributed by atoms with Gasteiger partial charge in [-0.3, -0.25) is 0 Å². The van der Waals surface area contributed by atoms with E-state index in [0.29, 0.717) is 35.7 Å². The van der Waals surface area contributed by atoms with Gasteiger partial charge in [0.05, 0.1) is 35.3 Å².